The Morgan fingerprint density at radius 1 is 1.27 bits per heavy atom. The third kappa shape index (κ3) is 4.13. The first-order valence-corrected chi connectivity index (χ1v) is 6.59. The summed E-state index contributed by atoms with van der Waals surface area (Å²) in [6.07, 6.45) is -4.46. The van der Waals surface area contributed by atoms with E-state index in [-0.39, 0.29) is 0 Å². The van der Waals surface area contributed by atoms with Gasteiger partial charge < -0.3 is 4.74 Å². The van der Waals surface area contributed by atoms with E-state index in [9.17, 15) is 22.0 Å². The zero-order valence-electron chi connectivity index (χ0n) is 10.9. The van der Waals surface area contributed by atoms with Gasteiger partial charge in [-0.05, 0) is 19.1 Å². The van der Waals surface area contributed by atoms with Crippen LogP contribution < -0.4 is 10.2 Å². The molecule has 0 spiro atoms. The average molecular weight is 337 g/mol. The van der Waals surface area contributed by atoms with E-state index in [2.05, 4.69) is 20.2 Å². The van der Waals surface area contributed by atoms with Gasteiger partial charge in [0.25, 0.3) is 0 Å². The number of ether oxygens (including phenoxy) is 1. The molecule has 1 N–H and O–H groups in total. The summed E-state index contributed by atoms with van der Waals surface area (Å²) in [6, 6.07) is 1.21. The van der Waals surface area contributed by atoms with Crippen LogP contribution in [0.25, 0.3) is 0 Å². The lowest BCUT2D eigenvalue weighted by Gasteiger charge is -2.12. The molecule has 1 aromatic carbocycles. The molecule has 0 amide bonds. The third-order valence-corrected chi connectivity index (χ3v) is 3.15. The molecule has 0 radical (unpaired) electrons. The lowest BCUT2D eigenvalue weighted by Crippen LogP contribution is -2.19. The Hall–Kier alpha value is -2.23. The fraction of sp³-hybridized carbons (Fsp3) is 0.167. The molecule has 1 heterocycles. The quantitative estimate of drug-likeness (QED) is 0.520. The first-order chi connectivity index (χ1) is 10.3. The van der Waals surface area contributed by atoms with Crippen LogP contribution in [0.1, 0.15) is 11.3 Å². The highest BCUT2D eigenvalue weighted by atomic mass is 32.1. The molecule has 10 heteroatoms. The van der Waals surface area contributed by atoms with Crippen molar-refractivity contribution in [3.05, 3.63) is 40.4 Å². The number of nitrogens with one attached hydrogen (secondary N) is 1. The normalized spacial score (nSPS) is 11.9. The van der Waals surface area contributed by atoms with Crippen molar-refractivity contribution in [2.45, 2.75) is 13.3 Å². The van der Waals surface area contributed by atoms with Crippen LogP contribution in [0.4, 0.5) is 27.1 Å². The van der Waals surface area contributed by atoms with E-state index < -0.39 is 29.3 Å². The van der Waals surface area contributed by atoms with Crippen LogP contribution >= 0.6 is 11.3 Å². The van der Waals surface area contributed by atoms with E-state index in [0.717, 1.165) is 0 Å². The molecule has 0 aliphatic carbocycles. The van der Waals surface area contributed by atoms with Gasteiger partial charge in [0.1, 0.15) is 5.82 Å². The fourth-order valence-electron chi connectivity index (χ4n) is 1.45. The van der Waals surface area contributed by atoms with Gasteiger partial charge in [-0.25, -0.2) is 13.8 Å². The number of hydrazone groups is 1. The number of hydrogen-bond acceptors (Lipinski definition) is 5. The molecule has 0 unspecified atom stereocenters. The van der Waals surface area contributed by atoms with Crippen molar-refractivity contribution < 1.29 is 26.7 Å². The number of alkyl halides is 3. The Bertz CT molecular complexity index is 699. The van der Waals surface area contributed by atoms with Gasteiger partial charge in [0.05, 0.1) is 17.5 Å². The second-order valence-electron chi connectivity index (χ2n) is 3.98. The van der Waals surface area contributed by atoms with E-state index in [1.165, 1.54) is 11.3 Å². The van der Waals surface area contributed by atoms with Crippen LogP contribution in [-0.4, -0.2) is 17.6 Å². The number of aryl methyl sites for hydroxylation is 1. The minimum Gasteiger partial charge on any atom is -0.402 e. The van der Waals surface area contributed by atoms with Crippen molar-refractivity contribution in [1.29, 1.82) is 0 Å². The number of anilines is 1. The highest BCUT2D eigenvalue weighted by Crippen LogP contribution is 2.30. The smallest absolute Gasteiger partial charge is 0.402 e. The molecule has 0 saturated heterocycles. The molecule has 1 aromatic heterocycles. The lowest BCUT2D eigenvalue weighted by molar-refractivity contribution is -0.275. The molecule has 2 aromatic rings. The SMILES string of the molecule is Cc1csc(NN=Cc2c(F)ccc(F)c2OC(F)(F)F)n1. The first-order valence-electron chi connectivity index (χ1n) is 5.71. The minimum absolute atomic E-state index is 0.351. The van der Waals surface area contributed by atoms with Crippen molar-refractivity contribution in [3.8, 4) is 5.75 Å². The molecule has 22 heavy (non-hydrogen) atoms. The van der Waals surface area contributed by atoms with E-state index >= 15 is 0 Å². The average Bonchev–Trinajstić information content (AvgIpc) is 2.81. The molecule has 4 nitrogen and oxygen atoms in total. The second-order valence-corrected chi connectivity index (χ2v) is 4.84. The van der Waals surface area contributed by atoms with Crippen LogP contribution in [0.5, 0.6) is 5.75 Å². The van der Waals surface area contributed by atoms with Gasteiger partial charge in [0.2, 0.25) is 5.13 Å². The first kappa shape index (κ1) is 16.1. The van der Waals surface area contributed by atoms with Gasteiger partial charge in [-0.15, -0.1) is 24.5 Å². The van der Waals surface area contributed by atoms with Crippen molar-refractivity contribution in [1.82, 2.24) is 4.98 Å². The van der Waals surface area contributed by atoms with Gasteiger partial charge in [0, 0.05) is 5.38 Å². The number of hydrogen-bond donors (Lipinski definition) is 1. The Balaban J connectivity index is 2.27. The van der Waals surface area contributed by atoms with Gasteiger partial charge in [-0.1, -0.05) is 0 Å². The van der Waals surface area contributed by atoms with Gasteiger partial charge in [0.15, 0.2) is 11.6 Å². The molecule has 2 rings (SSSR count). The van der Waals surface area contributed by atoms with Crippen molar-refractivity contribution >= 4 is 22.7 Å². The second kappa shape index (κ2) is 6.26. The zero-order chi connectivity index (χ0) is 16.3. The molecular formula is C12H8F5N3OS. The van der Waals surface area contributed by atoms with Crippen LogP contribution in [0.2, 0.25) is 0 Å². The van der Waals surface area contributed by atoms with E-state index in [1.807, 2.05) is 0 Å². The Labute approximate surface area is 125 Å². The number of thiazole rings is 1. The summed E-state index contributed by atoms with van der Waals surface area (Å²) in [5.41, 5.74) is 2.34. The number of aromatic nitrogens is 1. The van der Waals surface area contributed by atoms with Crippen LogP contribution in [0.3, 0.4) is 0 Å². The lowest BCUT2D eigenvalue weighted by atomic mass is 10.2. The molecule has 0 bridgehead atoms. The maximum Gasteiger partial charge on any atom is 0.573 e. The maximum atomic E-state index is 13.6. The maximum absolute atomic E-state index is 13.6. The highest BCUT2D eigenvalue weighted by Gasteiger charge is 2.34. The fourth-order valence-corrected chi connectivity index (χ4v) is 2.08. The highest BCUT2D eigenvalue weighted by molar-refractivity contribution is 7.13. The van der Waals surface area contributed by atoms with E-state index in [1.54, 1.807) is 12.3 Å². The Morgan fingerprint density at radius 3 is 2.55 bits per heavy atom. The van der Waals surface area contributed by atoms with E-state index in [0.29, 0.717) is 29.2 Å². The van der Waals surface area contributed by atoms with Gasteiger partial charge >= 0.3 is 6.36 Å². The summed E-state index contributed by atoms with van der Waals surface area (Å²) in [6.45, 7) is 1.73. The van der Waals surface area contributed by atoms with Crippen molar-refractivity contribution in [2.75, 3.05) is 5.43 Å². The van der Waals surface area contributed by atoms with Crippen LogP contribution in [0.15, 0.2) is 22.6 Å². The summed E-state index contributed by atoms with van der Waals surface area (Å²) in [7, 11) is 0. The molecule has 0 saturated carbocycles. The summed E-state index contributed by atoms with van der Waals surface area (Å²) < 4.78 is 67.3. The Kier molecular flexibility index (Phi) is 4.59. The predicted octanol–water partition coefficient (Wildman–Crippen LogP) is 4.07. The largest absolute Gasteiger partial charge is 0.573 e. The standard InChI is InChI=1S/C12H8F5N3OS/c1-6-5-22-11(19-6)20-18-4-7-8(13)2-3-9(14)10(7)21-12(15,16)17/h2-5H,1H3,(H,19,20). The van der Waals surface area contributed by atoms with Crippen LogP contribution in [-0.2, 0) is 0 Å². The molecular weight excluding hydrogens is 329 g/mol. The number of nitrogens with zero attached hydrogens (tertiary/aromatic N) is 2. The van der Waals surface area contributed by atoms with Crippen molar-refractivity contribution in [3.63, 3.8) is 0 Å². The summed E-state index contributed by atoms with van der Waals surface area (Å²) in [5.74, 6) is -3.75. The number of rotatable bonds is 4. The topological polar surface area (TPSA) is 46.5 Å². The third-order valence-electron chi connectivity index (χ3n) is 2.29. The summed E-state index contributed by atoms with van der Waals surface area (Å²) >= 11 is 1.19. The molecule has 0 fully saturated rings. The molecule has 0 atom stereocenters. The Morgan fingerprint density at radius 2 is 1.95 bits per heavy atom. The van der Waals surface area contributed by atoms with E-state index in [4.69, 9.17) is 0 Å². The molecule has 118 valence electrons. The van der Waals surface area contributed by atoms with Crippen molar-refractivity contribution in [2.24, 2.45) is 5.10 Å². The summed E-state index contributed by atoms with van der Waals surface area (Å²) in [4.78, 5) is 3.98. The zero-order valence-corrected chi connectivity index (χ0v) is 11.7. The molecule has 0 aliphatic heterocycles. The summed E-state index contributed by atoms with van der Waals surface area (Å²) in [5, 5.41) is 5.59. The molecule has 0 aliphatic rings. The number of benzene rings is 1. The predicted molar refractivity (Wildman–Crippen MR) is 71.1 cm³/mol. The monoisotopic (exact) mass is 337 g/mol. The van der Waals surface area contributed by atoms with Crippen LogP contribution in [0, 0.1) is 18.6 Å². The van der Waals surface area contributed by atoms with Gasteiger partial charge in [-0.2, -0.15) is 5.10 Å². The van der Waals surface area contributed by atoms with Gasteiger partial charge in [-0.3, -0.25) is 5.43 Å². The number of halogens is 5. The minimum atomic E-state index is -5.16.